The van der Waals surface area contributed by atoms with Gasteiger partial charge in [0.05, 0.1) is 0 Å². The zero-order chi connectivity index (χ0) is 38.5. The molecule has 0 aliphatic rings. The lowest BCUT2D eigenvalue weighted by molar-refractivity contribution is 0.669. The summed E-state index contributed by atoms with van der Waals surface area (Å²) in [6.07, 6.45) is 0. The highest BCUT2D eigenvalue weighted by atomic mass is 32.1. The van der Waals surface area contributed by atoms with Crippen molar-refractivity contribution in [3.05, 3.63) is 224 Å². The number of thiophene rings is 1. The van der Waals surface area contributed by atoms with Gasteiger partial charge < -0.3 is 9.32 Å². The van der Waals surface area contributed by atoms with Crippen LogP contribution in [0.15, 0.2) is 229 Å². The van der Waals surface area contributed by atoms with Gasteiger partial charge in [0.1, 0.15) is 11.2 Å². The van der Waals surface area contributed by atoms with Crippen LogP contribution in [0.1, 0.15) is 0 Å². The Labute approximate surface area is 342 Å². The molecule has 11 rings (SSSR count). The zero-order valence-electron chi connectivity index (χ0n) is 31.6. The maximum Gasteiger partial charge on any atom is 0.179 e. The molecule has 4 heteroatoms. The summed E-state index contributed by atoms with van der Waals surface area (Å²) in [4.78, 5) is 2.35. The van der Waals surface area contributed by atoms with Crippen molar-refractivity contribution in [1.29, 1.82) is 0 Å². The number of para-hydroxylation sites is 1. The van der Waals surface area contributed by atoms with Crippen molar-refractivity contribution in [1.82, 2.24) is 0 Å². The van der Waals surface area contributed by atoms with Crippen molar-refractivity contribution >= 4 is 99.3 Å². The van der Waals surface area contributed by atoms with Gasteiger partial charge in [-0.25, -0.2) is 0 Å². The predicted molar refractivity (Wildman–Crippen MR) is 250 cm³/mol. The topological polar surface area (TPSA) is 16.4 Å². The van der Waals surface area contributed by atoms with Gasteiger partial charge in [0.15, 0.2) is 8.07 Å². The molecule has 0 radical (unpaired) electrons. The predicted octanol–water partition coefficient (Wildman–Crippen LogP) is 12.5. The van der Waals surface area contributed by atoms with Crippen molar-refractivity contribution in [2.75, 3.05) is 4.90 Å². The Morgan fingerprint density at radius 2 is 0.793 bits per heavy atom. The van der Waals surface area contributed by atoms with E-state index >= 15 is 0 Å². The number of anilines is 3. The number of furan rings is 1. The Morgan fingerprint density at radius 3 is 1.45 bits per heavy atom. The van der Waals surface area contributed by atoms with E-state index in [2.05, 4.69) is 217 Å². The van der Waals surface area contributed by atoms with Gasteiger partial charge >= 0.3 is 0 Å². The summed E-state index contributed by atoms with van der Waals surface area (Å²) in [5.41, 5.74) is 7.38. The Morgan fingerprint density at radius 1 is 0.328 bits per heavy atom. The van der Waals surface area contributed by atoms with E-state index in [1.54, 1.807) is 0 Å². The second-order valence-corrected chi connectivity index (χ2v) is 19.8. The molecule has 2 heterocycles. The van der Waals surface area contributed by atoms with Gasteiger partial charge in [-0.15, -0.1) is 11.3 Å². The molecule has 2 nitrogen and oxygen atoms in total. The van der Waals surface area contributed by atoms with Gasteiger partial charge in [-0.05, 0) is 86.5 Å². The summed E-state index contributed by atoms with van der Waals surface area (Å²) in [6, 6.07) is 82.1. The van der Waals surface area contributed by atoms with E-state index < -0.39 is 8.07 Å². The molecule has 2 aromatic heterocycles. The van der Waals surface area contributed by atoms with Crippen molar-refractivity contribution < 1.29 is 4.42 Å². The van der Waals surface area contributed by atoms with Crippen molar-refractivity contribution in [2.24, 2.45) is 0 Å². The average molecular weight is 776 g/mol. The zero-order valence-corrected chi connectivity index (χ0v) is 33.4. The molecule has 0 fully saturated rings. The summed E-state index contributed by atoms with van der Waals surface area (Å²) < 4.78 is 8.99. The van der Waals surface area contributed by atoms with E-state index in [9.17, 15) is 0 Å². The minimum Gasteiger partial charge on any atom is -0.456 e. The second-order valence-electron chi connectivity index (χ2n) is 14.9. The van der Waals surface area contributed by atoms with Crippen LogP contribution in [0, 0.1) is 0 Å². The molecule has 274 valence electrons. The summed E-state index contributed by atoms with van der Waals surface area (Å²) in [5.74, 6) is 0. The fourth-order valence-corrected chi connectivity index (χ4v) is 14.8. The fraction of sp³-hybridized carbons (Fsp3) is 0. The monoisotopic (exact) mass is 775 g/mol. The lowest BCUT2D eigenvalue weighted by Crippen LogP contribution is -2.74. The number of nitrogens with zero attached hydrogens (tertiary/aromatic N) is 1. The van der Waals surface area contributed by atoms with Crippen molar-refractivity contribution in [2.45, 2.75) is 0 Å². The van der Waals surface area contributed by atoms with Gasteiger partial charge in [0.25, 0.3) is 0 Å². The minimum atomic E-state index is -2.60. The van der Waals surface area contributed by atoms with Gasteiger partial charge in [-0.3, -0.25) is 0 Å². The highest BCUT2D eigenvalue weighted by Crippen LogP contribution is 2.42. The standard InChI is InChI=1S/C54H37NOSSi/c1-4-14-43(15-5-1)58(44-16-6-2-7-17-44,45-18-8-3-9-19-45)46-32-26-39(27-33-46)38-24-28-40(29-25-38)55(41-31-35-54-50(36-41)49-21-11-13-23-53(49)57-54)42-30-34-48-47-20-10-12-22-51(47)56-52(48)37-42/h1-37H. The van der Waals surface area contributed by atoms with E-state index in [0.717, 1.165) is 39.0 Å². The molecule has 0 atom stereocenters. The number of rotatable bonds is 8. The normalized spacial score (nSPS) is 11.8. The van der Waals surface area contributed by atoms with E-state index in [1.165, 1.54) is 52.0 Å². The number of hydrogen-bond donors (Lipinski definition) is 0. The molecule has 0 saturated heterocycles. The Bertz CT molecular complexity index is 3110. The second kappa shape index (κ2) is 14.2. The third kappa shape index (κ3) is 5.68. The molecule has 11 aromatic rings. The summed E-state index contributed by atoms with van der Waals surface area (Å²) >= 11 is 1.84. The molecule has 0 aliphatic heterocycles. The lowest BCUT2D eigenvalue weighted by Gasteiger charge is -2.34. The first-order valence-corrected chi connectivity index (χ1v) is 22.6. The summed E-state index contributed by atoms with van der Waals surface area (Å²) in [7, 11) is -2.60. The van der Waals surface area contributed by atoms with Crippen molar-refractivity contribution in [3.8, 4) is 11.1 Å². The van der Waals surface area contributed by atoms with Crippen LogP contribution in [0.5, 0.6) is 0 Å². The van der Waals surface area contributed by atoms with Crippen molar-refractivity contribution in [3.63, 3.8) is 0 Å². The molecule has 0 bridgehead atoms. The first-order valence-electron chi connectivity index (χ1n) is 19.7. The van der Waals surface area contributed by atoms with Crippen LogP contribution in [-0.2, 0) is 0 Å². The Balaban J connectivity index is 1.01. The molecule has 0 aliphatic carbocycles. The van der Waals surface area contributed by atoms with E-state index in [0.29, 0.717) is 0 Å². The smallest absolute Gasteiger partial charge is 0.179 e. The summed E-state index contributed by atoms with van der Waals surface area (Å²) in [6.45, 7) is 0. The molecule has 0 unspecified atom stereocenters. The van der Waals surface area contributed by atoms with Crippen LogP contribution < -0.4 is 25.6 Å². The third-order valence-electron chi connectivity index (χ3n) is 11.6. The first-order chi connectivity index (χ1) is 28.7. The van der Waals surface area contributed by atoms with Crippen LogP contribution in [0.4, 0.5) is 17.1 Å². The fourth-order valence-electron chi connectivity index (χ4n) is 8.93. The first kappa shape index (κ1) is 34.3. The van der Waals surface area contributed by atoms with Gasteiger partial charge in [-0.2, -0.15) is 0 Å². The molecular formula is C54H37NOSSi. The molecule has 0 spiro atoms. The highest BCUT2D eigenvalue weighted by Gasteiger charge is 2.41. The van der Waals surface area contributed by atoms with Crippen LogP contribution in [-0.4, -0.2) is 8.07 Å². The molecule has 0 N–H and O–H groups in total. The van der Waals surface area contributed by atoms with Gasteiger partial charge in [-0.1, -0.05) is 164 Å². The molecular weight excluding hydrogens is 739 g/mol. The van der Waals surface area contributed by atoms with Gasteiger partial charge in [0.2, 0.25) is 0 Å². The average Bonchev–Trinajstić information content (AvgIpc) is 3.86. The summed E-state index contributed by atoms with van der Waals surface area (Å²) in [5, 5.41) is 10.3. The lowest BCUT2D eigenvalue weighted by atomic mass is 10.0. The quantitative estimate of drug-likeness (QED) is 0.113. The Hall–Kier alpha value is -6.98. The Kier molecular flexibility index (Phi) is 8.39. The minimum absolute atomic E-state index is 0.878. The van der Waals surface area contributed by atoms with Crippen LogP contribution >= 0.6 is 11.3 Å². The highest BCUT2D eigenvalue weighted by molar-refractivity contribution is 7.25. The maximum atomic E-state index is 6.40. The molecule has 58 heavy (non-hydrogen) atoms. The van der Waals surface area contributed by atoms with E-state index in [-0.39, 0.29) is 0 Å². The van der Waals surface area contributed by atoms with Crippen LogP contribution in [0.2, 0.25) is 0 Å². The van der Waals surface area contributed by atoms with Crippen LogP contribution in [0.3, 0.4) is 0 Å². The van der Waals surface area contributed by atoms with Gasteiger partial charge in [0, 0.05) is 54.1 Å². The number of benzene rings is 9. The third-order valence-corrected chi connectivity index (χ3v) is 17.6. The van der Waals surface area contributed by atoms with E-state index in [1.807, 2.05) is 23.5 Å². The number of hydrogen-bond acceptors (Lipinski definition) is 3. The maximum absolute atomic E-state index is 6.40. The SMILES string of the molecule is c1ccc([Si](c2ccccc2)(c2ccccc2)c2ccc(-c3ccc(N(c4ccc5c(c4)oc4ccccc45)c4ccc5sc6ccccc6c5c4)cc3)cc2)cc1. The van der Waals surface area contributed by atoms with E-state index in [4.69, 9.17) is 4.42 Å². The number of fused-ring (bicyclic) bond motifs is 6. The van der Waals surface area contributed by atoms with Crippen LogP contribution in [0.25, 0.3) is 53.2 Å². The molecule has 0 amide bonds. The molecule has 9 aromatic carbocycles. The molecule has 0 saturated carbocycles. The largest absolute Gasteiger partial charge is 0.456 e.